The Hall–Kier alpha value is -1.24. The monoisotopic (exact) mass is 159 g/mol. The molecule has 1 nitrogen and oxygen atoms in total. The van der Waals surface area contributed by atoms with Gasteiger partial charge in [0, 0.05) is 12.2 Å². The summed E-state index contributed by atoms with van der Waals surface area (Å²) in [5, 5.41) is 3.40. The van der Waals surface area contributed by atoms with E-state index in [1.54, 1.807) is 0 Å². The fourth-order valence-electron chi connectivity index (χ4n) is 1.62. The van der Waals surface area contributed by atoms with Gasteiger partial charge in [0.2, 0.25) is 0 Å². The molecule has 1 aromatic carbocycles. The van der Waals surface area contributed by atoms with Crippen molar-refractivity contribution in [1.29, 1.82) is 0 Å². The first kappa shape index (κ1) is 7.41. The highest BCUT2D eigenvalue weighted by Crippen LogP contribution is 2.25. The molecule has 1 N–H and O–H groups in total. The van der Waals surface area contributed by atoms with E-state index in [0.29, 0.717) is 0 Å². The molecule has 1 aliphatic rings. The molecule has 62 valence electrons. The van der Waals surface area contributed by atoms with E-state index in [1.165, 1.54) is 16.8 Å². The van der Waals surface area contributed by atoms with Crippen LogP contribution in [0, 0.1) is 0 Å². The first-order chi connectivity index (χ1) is 5.92. The van der Waals surface area contributed by atoms with Crippen LogP contribution in [0.1, 0.15) is 18.1 Å². The van der Waals surface area contributed by atoms with E-state index >= 15 is 0 Å². The van der Waals surface area contributed by atoms with Crippen molar-refractivity contribution in [3.8, 4) is 0 Å². The van der Waals surface area contributed by atoms with Crippen LogP contribution in [0.2, 0.25) is 0 Å². The van der Waals surface area contributed by atoms with E-state index in [-0.39, 0.29) is 0 Å². The number of para-hydroxylation sites is 1. The second kappa shape index (κ2) is 3.02. The fourth-order valence-corrected chi connectivity index (χ4v) is 1.62. The fraction of sp³-hybridized carbons (Fsp3) is 0.273. The molecule has 2 rings (SSSR count). The van der Waals surface area contributed by atoms with Gasteiger partial charge in [0.25, 0.3) is 0 Å². The third-order valence-corrected chi connectivity index (χ3v) is 2.26. The Labute approximate surface area is 73.1 Å². The number of anilines is 1. The number of aryl methyl sites for hydroxylation is 1. The van der Waals surface area contributed by atoms with Gasteiger partial charge in [0.05, 0.1) is 0 Å². The van der Waals surface area contributed by atoms with Gasteiger partial charge in [-0.1, -0.05) is 37.3 Å². The molecule has 0 aliphatic carbocycles. The molecule has 1 heteroatoms. The van der Waals surface area contributed by atoms with Crippen molar-refractivity contribution in [1.82, 2.24) is 0 Å². The van der Waals surface area contributed by atoms with E-state index < -0.39 is 0 Å². The predicted molar refractivity (Wildman–Crippen MR) is 53.3 cm³/mol. The normalized spacial score (nSPS) is 13.8. The van der Waals surface area contributed by atoms with Crippen molar-refractivity contribution in [2.75, 3.05) is 11.9 Å². The zero-order chi connectivity index (χ0) is 8.39. The largest absolute Gasteiger partial charge is 0.381 e. The van der Waals surface area contributed by atoms with Crippen molar-refractivity contribution in [2.45, 2.75) is 13.3 Å². The topological polar surface area (TPSA) is 12.0 Å². The summed E-state index contributed by atoms with van der Waals surface area (Å²) in [7, 11) is 0. The Bertz CT molecular complexity index is 313. The van der Waals surface area contributed by atoms with Crippen LogP contribution in [-0.2, 0) is 6.42 Å². The van der Waals surface area contributed by atoms with E-state index in [4.69, 9.17) is 0 Å². The maximum Gasteiger partial charge on any atom is 0.0448 e. The Balaban J connectivity index is 2.53. The Morgan fingerprint density at radius 2 is 2.33 bits per heavy atom. The van der Waals surface area contributed by atoms with Gasteiger partial charge < -0.3 is 5.32 Å². The molecule has 0 unspecified atom stereocenters. The second-order valence-electron chi connectivity index (χ2n) is 3.02. The van der Waals surface area contributed by atoms with Gasteiger partial charge in [-0.05, 0) is 17.5 Å². The Kier molecular flexibility index (Phi) is 1.86. The Morgan fingerprint density at radius 3 is 3.17 bits per heavy atom. The highest BCUT2D eigenvalue weighted by atomic mass is 14.9. The van der Waals surface area contributed by atoms with Crippen LogP contribution in [0.15, 0.2) is 24.3 Å². The minimum atomic E-state index is 0.962. The first-order valence-electron chi connectivity index (χ1n) is 4.44. The number of rotatable bonds is 1. The highest BCUT2D eigenvalue weighted by molar-refractivity contribution is 5.72. The lowest BCUT2D eigenvalue weighted by atomic mass is 10.0. The summed E-state index contributed by atoms with van der Waals surface area (Å²) < 4.78 is 0. The van der Waals surface area contributed by atoms with Crippen molar-refractivity contribution < 1.29 is 0 Å². The molecule has 0 saturated carbocycles. The van der Waals surface area contributed by atoms with Crippen molar-refractivity contribution in [3.63, 3.8) is 0 Å². The van der Waals surface area contributed by atoms with Gasteiger partial charge in [-0.3, -0.25) is 0 Å². The summed E-state index contributed by atoms with van der Waals surface area (Å²) >= 11 is 0. The van der Waals surface area contributed by atoms with E-state index in [1.807, 2.05) is 0 Å². The van der Waals surface area contributed by atoms with E-state index in [2.05, 4.69) is 42.6 Å². The van der Waals surface area contributed by atoms with Crippen LogP contribution in [0.4, 0.5) is 5.69 Å². The van der Waals surface area contributed by atoms with Crippen LogP contribution in [0.5, 0.6) is 0 Å². The molecule has 1 aromatic rings. The summed E-state index contributed by atoms with van der Waals surface area (Å²) in [6.45, 7) is 3.15. The highest BCUT2D eigenvalue weighted by Gasteiger charge is 2.05. The SMILES string of the molecule is CCc1cccc2c1NCC=C2. The van der Waals surface area contributed by atoms with Crippen molar-refractivity contribution >= 4 is 11.8 Å². The van der Waals surface area contributed by atoms with E-state index in [9.17, 15) is 0 Å². The molecule has 0 amide bonds. The summed E-state index contributed by atoms with van der Waals surface area (Å²) in [6, 6.07) is 6.46. The van der Waals surface area contributed by atoms with Gasteiger partial charge in [-0.25, -0.2) is 0 Å². The van der Waals surface area contributed by atoms with Gasteiger partial charge in [-0.15, -0.1) is 0 Å². The number of hydrogen-bond acceptors (Lipinski definition) is 1. The minimum absolute atomic E-state index is 0.962. The number of benzene rings is 1. The van der Waals surface area contributed by atoms with Crippen LogP contribution in [0.25, 0.3) is 6.08 Å². The van der Waals surface area contributed by atoms with Gasteiger partial charge in [0.1, 0.15) is 0 Å². The molecule has 12 heavy (non-hydrogen) atoms. The zero-order valence-corrected chi connectivity index (χ0v) is 7.30. The smallest absolute Gasteiger partial charge is 0.0448 e. The predicted octanol–water partition coefficient (Wildman–Crippen LogP) is 2.69. The lowest BCUT2D eigenvalue weighted by Crippen LogP contribution is -2.06. The zero-order valence-electron chi connectivity index (χ0n) is 7.30. The van der Waals surface area contributed by atoms with Crippen LogP contribution in [0.3, 0.4) is 0 Å². The summed E-state index contributed by atoms with van der Waals surface area (Å²) in [5.41, 5.74) is 4.06. The number of nitrogens with one attached hydrogen (secondary N) is 1. The number of hydrogen-bond donors (Lipinski definition) is 1. The molecular formula is C11H13N. The minimum Gasteiger partial charge on any atom is -0.381 e. The lowest BCUT2D eigenvalue weighted by Gasteiger charge is -2.16. The second-order valence-corrected chi connectivity index (χ2v) is 3.02. The average molecular weight is 159 g/mol. The van der Waals surface area contributed by atoms with Gasteiger partial charge in [-0.2, -0.15) is 0 Å². The molecule has 0 fully saturated rings. The molecular weight excluding hydrogens is 146 g/mol. The van der Waals surface area contributed by atoms with Gasteiger partial charge in [0.15, 0.2) is 0 Å². The average Bonchev–Trinajstić information content (AvgIpc) is 2.17. The molecule has 0 bridgehead atoms. The van der Waals surface area contributed by atoms with Crippen LogP contribution < -0.4 is 5.32 Å². The van der Waals surface area contributed by atoms with Gasteiger partial charge >= 0.3 is 0 Å². The summed E-state index contributed by atoms with van der Waals surface area (Å²) in [6.07, 6.45) is 5.44. The van der Waals surface area contributed by atoms with Crippen molar-refractivity contribution in [3.05, 3.63) is 35.4 Å². The number of fused-ring (bicyclic) bond motifs is 1. The third kappa shape index (κ3) is 1.11. The van der Waals surface area contributed by atoms with E-state index in [0.717, 1.165) is 13.0 Å². The summed E-state index contributed by atoms with van der Waals surface area (Å²) in [4.78, 5) is 0. The molecule has 0 radical (unpaired) electrons. The molecule has 0 atom stereocenters. The molecule has 0 aromatic heterocycles. The molecule has 1 heterocycles. The Morgan fingerprint density at radius 1 is 1.42 bits per heavy atom. The van der Waals surface area contributed by atoms with Crippen LogP contribution >= 0.6 is 0 Å². The lowest BCUT2D eigenvalue weighted by molar-refractivity contribution is 1.12. The molecule has 1 aliphatic heterocycles. The molecule has 0 saturated heterocycles. The first-order valence-corrected chi connectivity index (χ1v) is 4.44. The molecule has 0 spiro atoms. The maximum absolute atomic E-state index is 3.40. The summed E-state index contributed by atoms with van der Waals surface area (Å²) in [5.74, 6) is 0. The standard InChI is InChI=1S/C11H13N/c1-2-9-5-3-6-10-7-4-8-12-11(9)10/h3-7,12H,2,8H2,1H3. The maximum atomic E-state index is 3.40. The third-order valence-electron chi connectivity index (χ3n) is 2.26. The van der Waals surface area contributed by atoms with Crippen molar-refractivity contribution in [2.24, 2.45) is 0 Å². The van der Waals surface area contributed by atoms with Crippen LogP contribution in [-0.4, -0.2) is 6.54 Å². The quantitative estimate of drug-likeness (QED) is 0.664.